The summed E-state index contributed by atoms with van der Waals surface area (Å²) in [5, 5.41) is 20.4. The third kappa shape index (κ3) is 4.42. The van der Waals surface area contributed by atoms with Gasteiger partial charge in [0.05, 0.1) is 34.8 Å². The van der Waals surface area contributed by atoms with Crippen molar-refractivity contribution in [3.63, 3.8) is 0 Å². The fourth-order valence-electron chi connectivity index (χ4n) is 4.62. The normalized spacial score (nSPS) is 22.5. The van der Waals surface area contributed by atoms with E-state index in [0.717, 1.165) is 5.56 Å². The Hall–Kier alpha value is -2.93. The zero-order chi connectivity index (χ0) is 24.7. The number of aromatic amines is 1. The minimum Gasteiger partial charge on any atom is -0.361 e. The number of amides is 1. The summed E-state index contributed by atoms with van der Waals surface area (Å²) in [6.07, 6.45) is 1.68. The summed E-state index contributed by atoms with van der Waals surface area (Å²) >= 11 is 12.5. The predicted molar refractivity (Wildman–Crippen MR) is 128 cm³/mol. The van der Waals surface area contributed by atoms with Crippen LogP contribution in [0.25, 0.3) is 11.1 Å². The number of benzene rings is 2. The van der Waals surface area contributed by atoms with Gasteiger partial charge in [0, 0.05) is 42.5 Å². The summed E-state index contributed by atoms with van der Waals surface area (Å²) < 4.78 is 19.4. The smallest absolute Gasteiger partial charge is 0.255 e. The number of aliphatic hydroxyl groups is 1. The van der Waals surface area contributed by atoms with E-state index in [0.29, 0.717) is 47.0 Å². The molecule has 0 unspecified atom stereocenters. The second kappa shape index (κ2) is 9.26. The van der Waals surface area contributed by atoms with Crippen molar-refractivity contribution in [1.82, 2.24) is 14.8 Å². The molecule has 2 aromatic carbocycles. The van der Waals surface area contributed by atoms with Crippen molar-refractivity contribution in [2.45, 2.75) is 11.8 Å². The van der Waals surface area contributed by atoms with Crippen LogP contribution in [0.5, 0.6) is 0 Å². The maximum atomic E-state index is 13.6. The van der Waals surface area contributed by atoms with Gasteiger partial charge in [-0.25, -0.2) is 4.39 Å². The Bertz CT molecular complexity index is 1340. The first kappa shape index (κ1) is 23.8. The number of piperazine rings is 1. The summed E-state index contributed by atoms with van der Waals surface area (Å²) in [5.74, 6) is -2.38. The van der Waals surface area contributed by atoms with E-state index in [2.05, 4.69) is 9.88 Å². The van der Waals surface area contributed by atoms with E-state index < -0.39 is 11.6 Å². The number of morpholine rings is 1. The number of ether oxygens (including phenoxy) is 1. The topological polar surface area (TPSA) is 92.6 Å². The molecule has 2 fully saturated rings. The highest BCUT2D eigenvalue weighted by molar-refractivity contribution is 6.36. The molecule has 2 atom stereocenters. The van der Waals surface area contributed by atoms with Crippen molar-refractivity contribution in [1.29, 1.82) is 5.26 Å². The number of fused-ring (bicyclic) bond motifs is 1. The van der Waals surface area contributed by atoms with E-state index >= 15 is 0 Å². The molecule has 3 heterocycles. The van der Waals surface area contributed by atoms with Crippen LogP contribution in [0.4, 0.5) is 4.39 Å². The number of carbonyl (C=O) groups is 1. The molecule has 0 aliphatic carbocycles. The van der Waals surface area contributed by atoms with E-state index in [9.17, 15) is 14.3 Å². The molecule has 5 rings (SSSR count). The lowest BCUT2D eigenvalue weighted by Crippen LogP contribution is -2.63. The van der Waals surface area contributed by atoms with Crippen molar-refractivity contribution in [3.8, 4) is 17.2 Å². The first-order valence-electron chi connectivity index (χ1n) is 11.0. The van der Waals surface area contributed by atoms with Crippen LogP contribution in [0.2, 0.25) is 10.0 Å². The number of aromatic nitrogens is 1. The Morgan fingerprint density at radius 3 is 2.83 bits per heavy atom. The van der Waals surface area contributed by atoms with Crippen LogP contribution < -0.4 is 0 Å². The number of nitrogens with zero attached hydrogens (tertiary/aromatic N) is 3. The van der Waals surface area contributed by atoms with Gasteiger partial charge in [-0.05, 0) is 24.3 Å². The molecule has 2 N–H and O–H groups in total. The van der Waals surface area contributed by atoms with Crippen LogP contribution in [0.1, 0.15) is 21.6 Å². The van der Waals surface area contributed by atoms with Crippen LogP contribution >= 0.6 is 23.2 Å². The molecule has 35 heavy (non-hydrogen) atoms. The van der Waals surface area contributed by atoms with Gasteiger partial charge in [0.25, 0.3) is 5.91 Å². The van der Waals surface area contributed by atoms with Crippen molar-refractivity contribution < 1.29 is 19.0 Å². The quantitative estimate of drug-likeness (QED) is 0.550. The molecule has 0 bridgehead atoms. The van der Waals surface area contributed by atoms with Crippen LogP contribution in [0.15, 0.2) is 48.7 Å². The third-order valence-electron chi connectivity index (χ3n) is 6.54. The number of H-pyrrole nitrogens is 1. The number of nitriles is 1. The number of rotatable bonds is 3. The fraction of sp³-hybridized carbons (Fsp3) is 0.280. The Morgan fingerprint density at radius 1 is 1.26 bits per heavy atom. The molecule has 0 radical (unpaired) electrons. The van der Waals surface area contributed by atoms with E-state index in [-0.39, 0.29) is 30.1 Å². The van der Waals surface area contributed by atoms with E-state index in [1.165, 1.54) is 18.2 Å². The molecule has 0 spiro atoms. The van der Waals surface area contributed by atoms with Crippen molar-refractivity contribution in [2.24, 2.45) is 0 Å². The van der Waals surface area contributed by atoms with Gasteiger partial charge in [-0.1, -0.05) is 41.4 Å². The minimum atomic E-state index is -1.61. The Balaban J connectivity index is 1.31. The monoisotopic (exact) mass is 514 g/mol. The molecule has 7 nitrogen and oxygen atoms in total. The third-order valence-corrected chi connectivity index (χ3v) is 7.23. The lowest BCUT2D eigenvalue weighted by molar-refractivity contribution is -0.265. The fourth-order valence-corrected chi connectivity index (χ4v) is 5.11. The van der Waals surface area contributed by atoms with Gasteiger partial charge in [0.15, 0.2) is 0 Å². The van der Waals surface area contributed by atoms with Gasteiger partial charge in [0.1, 0.15) is 17.6 Å². The van der Waals surface area contributed by atoms with Crippen molar-refractivity contribution >= 4 is 29.1 Å². The molecule has 0 saturated carbocycles. The SMILES string of the molecule is N#Cc1cc(-c2cccc(C(=O)N3CCN4C[C@@](O)(c5ccc(F)c(Cl)c5)OC[C@@H]4C3)c2Cl)c[nH]1. The highest BCUT2D eigenvalue weighted by Crippen LogP contribution is 2.35. The number of halogens is 3. The Kier molecular flexibility index (Phi) is 6.30. The highest BCUT2D eigenvalue weighted by atomic mass is 35.5. The zero-order valence-electron chi connectivity index (χ0n) is 18.5. The maximum Gasteiger partial charge on any atom is 0.255 e. The first-order chi connectivity index (χ1) is 16.8. The van der Waals surface area contributed by atoms with E-state index in [4.69, 9.17) is 33.2 Å². The van der Waals surface area contributed by atoms with Gasteiger partial charge >= 0.3 is 0 Å². The molecular weight excluding hydrogens is 494 g/mol. The summed E-state index contributed by atoms with van der Waals surface area (Å²) in [7, 11) is 0. The lowest BCUT2D eigenvalue weighted by atomic mass is 9.99. The molecule has 180 valence electrons. The average molecular weight is 515 g/mol. The minimum absolute atomic E-state index is 0.0836. The summed E-state index contributed by atoms with van der Waals surface area (Å²) in [6, 6.07) is 12.9. The molecule has 2 aliphatic heterocycles. The van der Waals surface area contributed by atoms with Crippen molar-refractivity contribution in [3.05, 3.63) is 81.3 Å². The first-order valence-corrected chi connectivity index (χ1v) is 11.8. The largest absolute Gasteiger partial charge is 0.361 e. The highest BCUT2D eigenvalue weighted by Gasteiger charge is 2.43. The van der Waals surface area contributed by atoms with Crippen LogP contribution in [0, 0.1) is 17.1 Å². The van der Waals surface area contributed by atoms with Crippen LogP contribution in [0.3, 0.4) is 0 Å². The van der Waals surface area contributed by atoms with Gasteiger partial charge in [-0.15, -0.1) is 0 Å². The van der Waals surface area contributed by atoms with Crippen LogP contribution in [-0.2, 0) is 10.5 Å². The predicted octanol–water partition coefficient (Wildman–Crippen LogP) is 4.00. The summed E-state index contributed by atoms with van der Waals surface area (Å²) in [4.78, 5) is 20.0. The van der Waals surface area contributed by atoms with Crippen molar-refractivity contribution in [2.75, 3.05) is 32.8 Å². The maximum absolute atomic E-state index is 13.6. The molecule has 1 aromatic heterocycles. The van der Waals surface area contributed by atoms with Gasteiger partial charge in [-0.3, -0.25) is 9.69 Å². The van der Waals surface area contributed by atoms with Gasteiger partial charge in [0.2, 0.25) is 5.79 Å². The molecule has 10 heteroatoms. The molecule has 3 aromatic rings. The average Bonchev–Trinajstić information content (AvgIpc) is 3.34. The number of carbonyl (C=O) groups excluding carboxylic acids is 1. The van der Waals surface area contributed by atoms with Crippen LogP contribution in [-0.4, -0.2) is 64.6 Å². The van der Waals surface area contributed by atoms with Gasteiger partial charge < -0.3 is 19.7 Å². The van der Waals surface area contributed by atoms with E-state index in [1.54, 1.807) is 35.4 Å². The van der Waals surface area contributed by atoms with Gasteiger partial charge in [-0.2, -0.15) is 5.26 Å². The summed E-state index contributed by atoms with van der Waals surface area (Å²) in [6.45, 7) is 1.73. The number of hydrogen-bond donors (Lipinski definition) is 2. The molecule has 2 saturated heterocycles. The number of nitrogens with one attached hydrogen (secondary N) is 1. The summed E-state index contributed by atoms with van der Waals surface area (Å²) in [5.41, 5.74) is 2.56. The second-order valence-corrected chi connectivity index (χ2v) is 9.47. The number of hydrogen-bond acceptors (Lipinski definition) is 5. The standard InChI is InChI=1S/C25H21Cl2FN4O3/c26-21-9-16(4-5-22(21)28)25(34)14-32-7-6-31(12-18(32)13-35-25)24(33)20-3-1-2-19(23(20)27)15-8-17(10-29)30-11-15/h1-5,8-9,11,18,30,34H,6-7,12-14H2/t18-,25-/m0/s1. The lowest BCUT2D eigenvalue weighted by Gasteiger charge is -2.48. The zero-order valence-corrected chi connectivity index (χ0v) is 20.0. The molecular formula is C25H21Cl2FN4O3. The molecule has 2 aliphatic rings. The second-order valence-electron chi connectivity index (χ2n) is 8.68. The molecule has 1 amide bonds. The Labute approximate surface area is 211 Å². The Morgan fingerprint density at radius 2 is 2.09 bits per heavy atom. The van der Waals surface area contributed by atoms with E-state index in [1.807, 2.05) is 6.07 Å².